The summed E-state index contributed by atoms with van der Waals surface area (Å²) in [5.74, 6) is 0. The van der Waals surface area contributed by atoms with Crippen LogP contribution in [-0.4, -0.2) is 36.4 Å². The van der Waals surface area contributed by atoms with Crippen molar-refractivity contribution in [2.24, 2.45) is 5.73 Å². The maximum atomic E-state index is 5.39. The molecule has 0 spiro atoms. The van der Waals surface area contributed by atoms with E-state index in [2.05, 4.69) is 0 Å². The van der Waals surface area contributed by atoms with Gasteiger partial charge in [0.1, 0.15) is 5.41 Å². The Bertz CT molecular complexity index is 107. The molecule has 0 heterocycles. The highest BCUT2D eigenvalue weighted by atomic mass is 28.1. The Labute approximate surface area is 78.0 Å². The van der Waals surface area contributed by atoms with Gasteiger partial charge in [0.15, 0.2) is 0 Å². The van der Waals surface area contributed by atoms with Gasteiger partial charge in [0.05, 0.1) is 10.2 Å². The molecule has 0 saturated carbocycles. The van der Waals surface area contributed by atoms with E-state index in [1.807, 2.05) is 0 Å². The van der Waals surface area contributed by atoms with Crippen molar-refractivity contribution in [2.75, 3.05) is 20.8 Å². The summed E-state index contributed by atoms with van der Waals surface area (Å²) in [6.45, 7) is 0.786. The van der Waals surface area contributed by atoms with Crippen LogP contribution >= 0.6 is 0 Å². The van der Waals surface area contributed by atoms with Gasteiger partial charge >= 0.3 is 0 Å². The Morgan fingerprint density at radius 3 is 2.17 bits per heavy atom. The van der Waals surface area contributed by atoms with Crippen LogP contribution in [0, 0.1) is 0 Å². The zero-order valence-corrected chi connectivity index (χ0v) is 10.4. The summed E-state index contributed by atoms with van der Waals surface area (Å²) in [6, 6.07) is 0. The summed E-state index contributed by atoms with van der Waals surface area (Å²) in [4.78, 5) is 0. The molecule has 0 fully saturated rings. The summed E-state index contributed by atoms with van der Waals surface area (Å²) in [6.07, 6.45) is 4.41. The van der Waals surface area contributed by atoms with E-state index in [9.17, 15) is 0 Å². The third-order valence-corrected chi connectivity index (χ3v) is 3.52. The number of methoxy groups -OCH3 is 2. The van der Waals surface area contributed by atoms with Gasteiger partial charge in [0, 0.05) is 14.2 Å². The van der Waals surface area contributed by atoms with Crippen molar-refractivity contribution in [3.8, 4) is 0 Å². The number of ether oxygens (including phenoxy) is 2. The van der Waals surface area contributed by atoms with Gasteiger partial charge in [-0.3, -0.25) is 0 Å². The molecule has 0 unspecified atom stereocenters. The first kappa shape index (κ1) is 12.1. The van der Waals surface area contributed by atoms with E-state index in [4.69, 9.17) is 15.2 Å². The van der Waals surface area contributed by atoms with Crippen molar-refractivity contribution < 1.29 is 9.47 Å². The lowest BCUT2D eigenvalue weighted by Crippen LogP contribution is -2.33. The van der Waals surface area contributed by atoms with Gasteiger partial charge in [0.25, 0.3) is 0 Å². The van der Waals surface area contributed by atoms with Crippen LogP contribution in [0.3, 0.4) is 0 Å². The minimum absolute atomic E-state index is 0.269. The Kier molecular flexibility index (Phi) is 6.65. The maximum absolute atomic E-state index is 5.39. The molecule has 0 saturated heterocycles. The minimum atomic E-state index is -0.269. The molecular weight excluding hydrogens is 170 g/mol. The molecule has 0 radical (unpaired) electrons. The highest BCUT2D eigenvalue weighted by Gasteiger charge is 2.20. The monoisotopic (exact) mass is 191 g/mol. The lowest BCUT2D eigenvalue weighted by molar-refractivity contribution is -0.146. The molecule has 74 valence electrons. The van der Waals surface area contributed by atoms with Crippen LogP contribution in [0.5, 0.6) is 0 Å². The average Bonchev–Trinajstić information content (AvgIpc) is 2.12. The van der Waals surface area contributed by atoms with Crippen LogP contribution in [0.2, 0.25) is 0 Å². The molecule has 0 bridgehead atoms. The largest absolute Gasteiger partial charge is 0.358 e. The number of hydrogen-bond acceptors (Lipinski definition) is 3. The van der Waals surface area contributed by atoms with E-state index in [-0.39, 0.29) is 5.41 Å². The van der Waals surface area contributed by atoms with Crippen LogP contribution in [0.4, 0.5) is 0 Å². The number of unbranched alkanes of at least 4 members (excludes halogenated alkanes) is 2. The molecule has 0 atom stereocenters. The van der Waals surface area contributed by atoms with Gasteiger partial charge in [-0.15, -0.1) is 0 Å². The zero-order valence-electron chi connectivity index (χ0n) is 8.43. The third-order valence-electron chi connectivity index (χ3n) is 2.20. The summed E-state index contributed by atoms with van der Waals surface area (Å²) in [5.41, 5.74) is 5.12. The van der Waals surface area contributed by atoms with Crippen LogP contribution in [0.25, 0.3) is 0 Å². The van der Waals surface area contributed by atoms with Gasteiger partial charge in [-0.05, 0) is 25.8 Å². The Morgan fingerprint density at radius 1 is 1.17 bits per heavy atom. The van der Waals surface area contributed by atoms with E-state index in [0.717, 1.165) is 36.0 Å². The number of nitrogens with two attached hydrogens (primary N) is 1. The highest BCUT2D eigenvalue weighted by Crippen LogP contribution is 2.15. The van der Waals surface area contributed by atoms with Crippen LogP contribution in [-0.2, 0) is 9.47 Å². The second kappa shape index (κ2) is 6.60. The molecule has 3 nitrogen and oxygen atoms in total. The van der Waals surface area contributed by atoms with Crippen molar-refractivity contribution in [2.45, 2.75) is 31.1 Å². The van der Waals surface area contributed by atoms with Crippen molar-refractivity contribution in [1.82, 2.24) is 0 Å². The molecule has 0 aromatic carbocycles. The quantitative estimate of drug-likeness (QED) is 0.345. The third kappa shape index (κ3) is 4.87. The van der Waals surface area contributed by atoms with Gasteiger partial charge < -0.3 is 15.2 Å². The maximum Gasteiger partial charge on any atom is 0.140 e. The van der Waals surface area contributed by atoms with Gasteiger partial charge in [-0.25, -0.2) is 0 Å². The minimum Gasteiger partial charge on any atom is -0.358 e. The first-order chi connectivity index (χ1) is 5.68. The first-order valence-electron chi connectivity index (χ1n) is 4.49. The number of rotatable bonds is 7. The normalized spacial score (nSPS) is 12.2. The summed E-state index contributed by atoms with van der Waals surface area (Å²) >= 11 is 0. The van der Waals surface area contributed by atoms with Crippen molar-refractivity contribution in [1.29, 1.82) is 0 Å². The number of hydrogen-bond donors (Lipinski definition) is 1. The Hall–Kier alpha value is 0.0969. The van der Waals surface area contributed by atoms with E-state index < -0.39 is 0 Å². The zero-order chi connectivity index (χ0) is 9.45. The summed E-state index contributed by atoms with van der Waals surface area (Å²) in [5, 5.41) is 0. The molecule has 4 heteroatoms. The standard InChI is InChI=1S/C8H21NO2Si/c1-10-8(12,11-2)6-4-3-5-7-9/h3-7,9H2,1-2,12H3. The van der Waals surface area contributed by atoms with Crippen molar-refractivity contribution >= 4 is 10.2 Å². The van der Waals surface area contributed by atoms with Crippen LogP contribution in [0.1, 0.15) is 25.7 Å². The van der Waals surface area contributed by atoms with E-state index in [1.54, 1.807) is 14.2 Å². The lowest BCUT2D eigenvalue weighted by atomic mass is 10.2. The molecule has 0 aromatic heterocycles. The summed E-state index contributed by atoms with van der Waals surface area (Å²) in [7, 11) is 4.33. The predicted octanol–water partition coefficient (Wildman–Crippen LogP) is -0.183. The molecule has 0 aliphatic carbocycles. The van der Waals surface area contributed by atoms with E-state index >= 15 is 0 Å². The second-order valence-electron chi connectivity index (χ2n) is 3.14. The fourth-order valence-corrected chi connectivity index (χ4v) is 1.41. The van der Waals surface area contributed by atoms with Crippen molar-refractivity contribution in [3.63, 3.8) is 0 Å². The molecule has 0 rings (SSSR count). The van der Waals surface area contributed by atoms with E-state index in [0.29, 0.717) is 0 Å². The first-order valence-corrected chi connectivity index (χ1v) is 5.49. The fraction of sp³-hybridized carbons (Fsp3) is 1.00. The smallest absolute Gasteiger partial charge is 0.140 e. The Balaban J connectivity index is 3.45. The van der Waals surface area contributed by atoms with Crippen LogP contribution < -0.4 is 5.73 Å². The topological polar surface area (TPSA) is 44.5 Å². The second-order valence-corrected chi connectivity index (χ2v) is 4.66. The average molecular weight is 191 g/mol. The van der Waals surface area contributed by atoms with Gasteiger partial charge in [-0.1, -0.05) is 6.42 Å². The molecule has 2 N–H and O–H groups in total. The Morgan fingerprint density at radius 2 is 1.75 bits per heavy atom. The van der Waals surface area contributed by atoms with Crippen molar-refractivity contribution in [3.05, 3.63) is 0 Å². The molecular formula is C8H21NO2Si. The van der Waals surface area contributed by atoms with Gasteiger partial charge in [0.2, 0.25) is 0 Å². The molecule has 0 amide bonds. The van der Waals surface area contributed by atoms with E-state index in [1.165, 1.54) is 6.42 Å². The van der Waals surface area contributed by atoms with Crippen LogP contribution in [0.15, 0.2) is 0 Å². The lowest BCUT2D eigenvalue weighted by Gasteiger charge is -2.26. The summed E-state index contributed by atoms with van der Waals surface area (Å²) < 4.78 is 10.6. The molecule has 0 aliphatic rings. The highest BCUT2D eigenvalue weighted by molar-refractivity contribution is 6.13. The molecule has 0 aliphatic heterocycles. The predicted molar refractivity (Wildman–Crippen MR) is 54.2 cm³/mol. The molecule has 0 aromatic rings. The SMILES string of the molecule is COC([SiH3])(CCCCCN)OC. The molecule has 12 heavy (non-hydrogen) atoms. The van der Waals surface area contributed by atoms with Gasteiger partial charge in [-0.2, -0.15) is 0 Å². The fourth-order valence-electron chi connectivity index (χ4n) is 1.05.